The number of halogens is 1. The molecule has 0 radical (unpaired) electrons. The molecular weight excluding hydrogens is 678 g/mol. The van der Waals surface area contributed by atoms with Crippen LogP contribution in [0.4, 0.5) is 0 Å². The molecule has 5 rings (SSSR count). The van der Waals surface area contributed by atoms with Crippen LogP contribution in [0.3, 0.4) is 0 Å². The zero-order valence-electron chi connectivity index (χ0n) is 29.6. The lowest BCUT2D eigenvalue weighted by atomic mass is 9.74. The monoisotopic (exact) mass is 721 g/mol. The minimum absolute atomic E-state index is 0.0252. The molecule has 0 amide bonds. The second-order valence-electron chi connectivity index (χ2n) is 15.1. The van der Waals surface area contributed by atoms with Crippen molar-refractivity contribution in [3.63, 3.8) is 0 Å². The van der Waals surface area contributed by atoms with Crippen LogP contribution in [0.1, 0.15) is 90.2 Å². The number of aryl methyl sites for hydroxylation is 1. The summed E-state index contributed by atoms with van der Waals surface area (Å²) in [5.41, 5.74) is 8.90. The lowest BCUT2D eigenvalue weighted by Crippen LogP contribution is -2.17. The number of rotatable bonds is 10. The van der Waals surface area contributed by atoms with Gasteiger partial charge in [0.2, 0.25) is 0 Å². The van der Waals surface area contributed by atoms with E-state index >= 15 is 0 Å². The average molecular weight is 723 g/mol. The van der Waals surface area contributed by atoms with E-state index in [4.69, 9.17) is 13.1 Å². The van der Waals surface area contributed by atoms with Crippen LogP contribution in [-0.2, 0) is 6.54 Å². The summed E-state index contributed by atoms with van der Waals surface area (Å²) in [6.45, 7) is 24.6. The molecule has 252 valence electrons. The Kier molecular flexibility index (Phi) is 11.5. The molecule has 2 aromatic carbocycles. The molecule has 2 aliphatic rings. The number of unbranched alkanes of at least 4 members (excludes halogenated alkanes) is 3. The lowest BCUT2D eigenvalue weighted by Gasteiger charge is -2.30. The fraction of sp³-hybridized carbons (Fsp3) is 0.364. The number of nitrogens with zero attached hydrogens (tertiary/aromatic N) is 5. The van der Waals surface area contributed by atoms with E-state index in [9.17, 15) is 10.5 Å². The van der Waals surface area contributed by atoms with Crippen molar-refractivity contribution in [2.45, 2.75) is 85.6 Å². The summed E-state index contributed by atoms with van der Waals surface area (Å²) in [5, 5.41) is 22.5. The molecular formula is C44H44BrN5. The predicted molar refractivity (Wildman–Crippen MR) is 210 cm³/mol. The highest BCUT2D eigenvalue weighted by atomic mass is 79.9. The first kappa shape index (κ1) is 36.4. The third kappa shape index (κ3) is 8.64. The number of alkyl halides is 1. The van der Waals surface area contributed by atoms with Crippen LogP contribution >= 0.6 is 15.9 Å². The van der Waals surface area contributed by atoms with Gasteiger partial charge in [0.1, 0.15) is 0 Å². The fourth-order valence-electron chi connectivity index (χ4n) is 7.48. The summed E-state index contributed by atoms with van der Waals surface area (Å²) >= 11 is 3.56. The van der Waals surface area contributed by atoms with Gasteiger partial charge in [0, 0.05) is 33.7 Å². The second kappa shape index (κ2) is 15.8. The van der Waals surface area contributed by atoms with Gasteiger partial charge in [-0.2, -0.15) is 0 Å². The largest absolute Gasteiger partial charge is 0.340 e. The first-order valence-electron chi connectivity index (χ1n) is 17.4. The van der Waals surface area contributed by atoms with E-state index in [1.807, 2.05) is 12.2 Å². The van der Waals surface area contributed by atoms with Gasteiger partial charge in [-0.1, -0.05) is 105 Å². The van der Waals surface area contributed by atoms with Gasteiger partial charge in [-0.3, -0.25) is 0 Å². The van der Waals surface area contributed by atoms with Crippen LogP contribution in [0, 0.1) is 46.6 Å². The zero-order chi connectivity index (χ0) is 35.9. The number of fused-ring (bicyclic) bond motifs is 3. The van der Waals surface area contributed by atoms with Crippen LogP contribution in [0.15, 0.2) is 94.4 Å². The molecule has 5 nitrogen and oxygen atoms in total. The number of allylic oxidation sites excluding steroid dienone is 10. The molecule has 0 N–H and O–H groups in total. The van der Waals surface area contributed by atoms with Gasteiger partial charge in [0.05, 0.1) is 25.3 Å². The van der Waals surface area contributed by atoms with Crippen molar-refractivity contribution in [1.29, 1.82) is 10.5 Å². The summed E-state index contributed by atoms with van der Waals surface area (Å²) in [5.74, 6) is 0. The van der Waals surface area contributed by atoms with E-state index in [-0.39, 0.29) is 22.2 Å². The molecule has 3 aromatic rings. The molecule has 0 saturated carbocycles. The molecule has 1 heterocycles. The molecule has 0 atom stereocenters. The lowest BCUT2D eigenvalue weighted by molar-refractivity contribution is 0.354. The zero-order valence-corrected chi connectivity index (χ0v) is 31.2. The van der Waals surface area contributed by atoms with Crippen molar-refractivity contribution in [2.75, 3.05) is 5.33 Å². The van der Waals surface area contributed by atoms with E-state index in [0.29, 0.717) is 0 Å². The number of hydrogen-bond donors (Lipinski definition) is 0. The van der Waals surface area contributed by atoms with E-state index < -0.39 is 0 Å². The molecule has 2 aliphatic carbocycles. The number of aromatic nitrogens is 1. The van der Waals surface area contributed by atoms with E-state index in [2.05, 4.69) is 131 Å². The first-order valence-corrected chi connectivity index (χ1v) is 18.5. The van der Waals surface area contributed by atoms with Gasteiger partial charge >= 0.3 is 0 Å². The average Bonchev–Trinajstić information content (AvgIpc) is 3.38. The smallest absolute Gasteiger partial charge is 0.265 e. The number of hydrogen-bond acceptors (Lipinski definition) is 2. The molecule has 0 unspecified atom stereocenters. The number of nitriles is 2. The molecule has 0 aliphatic heterocycles. The van der Waals surface area contributed by atoms with Crippen molar-refractivity contribution in [3.8, 4) is 12.1 Å². The van der Waals surface area contributed by atoms with Crippen molar-refractivity contribution in [1.82, 2.24) is 4.57 Å². The maximum absolute atomic E-state index is 9.51. The quantitative estimate of drug-likeness (QED) is 0.0905. The Balaban J connectivity index is 1.54. The van der Waals surface area contributed by atoms with Gasteiger partial charge < -0.3 is 4.57 Å². The van der Waals surface area contributed by atoms with Crippen LogP contribution in [0.25, 0.3) is 43.6 Å². The van der Waals surface area contributed by atoms with Crippen LogP contribution in [-0.4, -0.2) is 9.90 Å². The standard InChI is InChI=1S/C44H44BrN5/c1-43(2)25-33(21-35(27-43)39(29-46)48-5)13-11-31-15-17-41-37(23-31)38-24-32(16-18-42(38)50(41)20-10-8-7-9-19-45)12-14-34-22-36(40(30-47)49-6)28-44(3,4)26-34/h11-18,21-24H,7-10,19-20,25-28H2,1-4H3. The normalized spacial score (nSPS) is 19.1. The van der Waals surface area contributed by atoms with Gasteiger partial charge in [0.25, 0.3) is 11.4 Å². The Labute approximate surface area is 306 Å². The highest BCUT2D eigenvalue weighted by molar-refractivity contribution is 9.09. The highest BCUT2D eigenvalue weighted by Gasteiger charge is 2.27. The van der Waals surface area contributed by atoms with E-state index in [1.165, 1.54) is 41.1 Å². The topological polar surface area (TPSA) is 61.2 Å². The van der Waals surface area contributed by atoms with Crippen molar-refractivity contribution in [3.05, 3.63) is 128 Å². The molecule has 0 fully saturated rings. The highest BCUT2D eigenvalue weighted by Crippen LogP contribution is 2.41. The maximum atomic E-state index is 9.51. The van der Waals surface area contributed by atoms with Crippen molar-refractivity contribution in [2.24, 2.45) is 10.8 Å². The molecule has 0 bridgehead atoms. The minimum Gasteiger partial charge on any atom is -0.340 e. The third-order valence-corrected chi connectivity index (χ3v) is 10.2. The first-order chi connectivity index (χ1) is 24.0. The van der Waals surface area contributed by atoms with Crippen molar-refractivity contribution >= 4 is 49.9 Å². The third-order valence-electron chi connectivity index (χ3n) is 9.62. The summed E-state index contributed by atoms with van der Waals surface area (Å²) in [6, 6.07) is 17.6. The Morgan fingerprint density at radius 3 is 1.60 bits per heavy atom. The molecule has 0 saturated heterocycles. The summed E-state index contributed by atoms with van der Waals surface area (Å²) in [4.78, 5) is 6.97. The SMILES string of the molecule is [C-]#[N+]C(C#N)=C1C=C(C=Cc2ccc3c(c2)c2cc(C=CC4=CC(=C(C#N)[N+]#[C-])CC(C)(C)C4)ccc2n3CCCCCCBr)CC(C)(C)C1. The van der Waals surface area contributed by atoms with Crippen molar-refractivity contribution < 1.29 is 0 Å². The molecule has 6 heteroatoms. The van der Waals surface area contributed by atoms with Crippen LogP contribution < -0.4 is 0 Å². The second-order valence-corrected chi connectivity index (χ2v) is 15.9. The van der Waals surface area contributed by atoms with Gasteiger partial charge in [0.15, 0.2) is 0 Å². The van der Waals surface area contributed by atoms with Gasteiger partial charge in [-0.25, -0.2) is 20.2 Å². The Morgan fingerprint density at radius 2 is 1.18 bits per heavy atom. The number of benzene rings is 2. The maximum Gasteiger partial charge on any atom is 0.265 e. The Hall–Kier alpha value is -4.88. The summed E-state index contributed by atoms with van der Waals surface area (Å²) in [6.07, 6.45) is 20.6. The van der Waals surface area contributed by atoms with Gasteiger partial charge in [-0.05, 0) is 107 Å². The predicted octanol–water partition coefficient (Wildman–Crippen LogP) is 12.7. The van der Waals surface area contributed by atoms with Crippen LogP contribution in [0.5, 0.6) is 0 Å². The van der Waals surface area contributed by atoms with E-state index in [1.54, 1.807) is 0 Å². The molecule has 50 heavy (non-hydrogen) atoms. The van der Waals surface area contributed by atoms with Crippen LogP contribution in [0.2, 0.25) is 0 Å². The Morgan fingerprint density at radius 1 is 0.720 bits per heavy atom. The van der Waals surface area contributed by atoms with E-state index in [0.717, 1.165) is 77.4 Å². The fourth-order valence-corrected chi connectivity index (χ4v) is 7.88. The summed E-state index contributed by atoms with van der Waals surface area (Å²) < 4.78 is 2.47. The molecule has 1 aromatic heterocycles. The Bertz CT molecular complexity index is 1990. The molecule has 0 spiro atoms. The summed E-state index contributed by atoms with van der Waals surface area (Å²) in [7, 11) is 0. The van der Waals surface area contributed by atoms with Gasteiger partial charge in [-0.15, -0.1) is 0 Å². The minimum atomic E-state index is -0.0252.